The van der Waals surface area contributed by atoms with Crippen LogP contribution in [-0.4, -0.2) is 30.6 Å². The molecule has 0 atom stereocenters. The molecule has 3 aromatic rings. The number of benzene rings is 3. The lowest BCUT2D eigenvalue weighted by Gasteiger charge is -2.09. The molecule has 0 saturated heterocycles. The molecule has 0 aromatic heterocycles. The number of nitrogens with one attached hydrogen (secondary N) is 2. The second-order valence-electron chi connectivity index (χ2n) is 6.63. The van der Waals surface area contributed by atoms with E-state index in [1.54, 1.807) is 42.5 Å². The fourth-order valence-electron chi connectivity index (χ4n) is 2.77. The first-order valence-electron chi connectivity index (χ1n) is 9.79. The normalized spacial score (nSPS) is 10.5. The molecule has 0 aliphatic carbocycles. The molecule has 32 heavy (non-hydrogen) atoms. The van der Waals surface area contributed by atoms with Crippen LogP contribution in [0.2, 0.25) is 0 Å². The smallest absolute Gasteiger partial charge is 0.339 e. The van der Waals surface area contributed by atoms with Gasteiger partial charge >= 0.3 is 5.97 Å². The van der Waals surface area contributed by atoms with Crippen LogP contribution in [0.5, 0.6) is 0 Å². The molecule has 0 radical (unpaired) electrons. The van der Waals surface area contributed by atoms with Crippen LogP contribution in [0.25, 0.3) is 6.08 Å². The van der Waals surface area contributed by atoms with Gasteiger partial charge in [0.05, 0.1) is 24.1 Å². The molecule has 2 amide bonds. The Balaban J connectivity index is 1.50. The number of anilines is 2. The minimum Gasteiger partial charge on any atom is -0.465 e. The van der Waals surface area contributed by atoms with E-state index in [-0.39, 0.29) is 17.6 Å². The summed E-state index contributed by atoms with van der Waals surface area (Å²) in [5.74, 6) is -0.807. The van der Waals surface area contributed by atoms with Gasteiger partial charge in [0.25, 0.3) is 0 Å². The van der Waals surface area contributed by atoms with Crippen LogP contribution in [0.3, 0.4) is 0 Å². The van der Waals surface area contributed by atoms with E-state index in [1.165, 1.54) is 24.9 Å². The van der Waals surface area contributed by atoms with Gasteiger partial charge in [-0.1, -0.05) is 42.5 Å². The molecule has 2 N–H and O–H groups in total. The first-order chi connectivity index (χ1) is 15.5. The maximum absolute atomic E-state index is 12.3. The number of para-hydroxylation sites is 1. The first-order valence-corrected chi connectivity index (χ1v) is 10.8. The van der Waals surface area contributed by atoms with Gasteiger partial charge in [-0.25, -0.2) is 4.79 Å². The number of thioether (sulfide) groups is 1. The summed E-state index contributed by atoms with van der Waals surface area (Å²) >= 11 is 1.35. The van der Waals surface area contributed by atoms with Gasteiger partial charge in [0.15, 0.2) is 0 Å². The molecular formula is C25H22N2O4S. The topological polar surface area (TPSA) is 84.5 Å². The molecule has 0 unspecified atom stereocenters. The molecule has 162 valence electrons. The summed E-state index contributed by atoms with van der Waals surface area (Å²) in [6.45, 7) is 0. The lowest BCUT2D eigenvalue weighted by atomic mass is 10.2. The molecule has 0 aliphatic rings. The standard InChI is InChI=1S/C25H22N2O4S/c1-31-25(30)21-9-5-6-10-22(21)27-24(29)17-32-20-14-12-19(13-15-20)26-23(28)16-11-18-7-3-2-4-8-18/h2-16H,17H2,1H3,(H,26,28)(H,27,29)/b16-11+. The Morgan fingerprint density at radius 3 is 2.28 bits per heavy atom. The van der Waals surface area contributed by atoms with Crippen LogP contribution in [0.1, 0.15) is 15.9 Å². The Hall–Kier alpha value is -3.84. The molecule has 3 aromatic carbocycles. The summed E-state index contributed by atoms with van der Waals surface area (Å²) in [5.41, 5.74) is 2.32. The zero-order valence-corrected chi connectivity index (χ0v) is 18.2. The predicted molar refractivity (Wildman–Crippen MR) is 128 cm³/mol. The van der Waals surface area contributed by atoms with Gasteiger partial charge in [0.1, 0.15) is 0 Å². The van der Waals surface area contributed by atoms with Crippen LogP contribution in [0, 0.1) is 0 Å². The van der Waals surface area contributed by atoms with E-state index >= 15 is 0 Å². The maximum atomic E-state index is 12.3. The van der Waals surface area contributed by atoms with Crippen LogP contribution in [0.15, 0.2) is 89.8 Å². The van der Waals surface area contributed by atoms with Crippen molar-refractivity contribution < 1.29 is 19.1 Å². The van der Waals surface area contributed by atoms with Crippen LogP contribution < -0.4 is 10.6 Å². The number of carbonyl (C=O) groups is 3. The number of esters is 1. The fourth-order valence-corrected chi connectivity index (χ4v) is 3.47. The van der Waals surface area contributed by atoms with Crippen LogP contribution in [0.4, 0.5) is 11.4 Å². The predicted octanol–water partition coefficient (Wildman–Crippen LogP) is 4.86. The SMILES string of the molecule is COC(=O)c1ccccc1NC(=O)CSc1ccc(NC(=O)/C=C/c2ccccc2)cc1. The zero-order chi connectivity index (χ0) is 22.8. The van der Waals surface area contributed by atoms with Crippen molar-refractivity contribution in [3.05, 3.63) is 96.1 Å². The number of methoxy groups -OCH3 is 1. The summed E-state index contributed by atoms with van der Waals surface area (Å²) in [5, 5.41) is 5.54. The van der Waals surface area contributed by atoms with Crippen molar-refractivity contribution in [1.82, 2.24) is 0 Å². The summed E-state index contributed by atoms with van der Waals surface area (Å²) in [6, 6.07) is 23.5. The van der Waals surface area contributed by atoms with Crippen molar-refractivity contribution in [2.45, 2.75) is 4.90 Å². The van der Waals surface area contributed by atoms with E-state index in [1.807, 2.05) is 42.5 Å². The van der Waals surface area contributed by atoms with Crippen molar-refractivity contribution >= 4 is 47.0 Å². The largest absolute Gasteiger partial charge is 0.465 e. The van der Waals surface area contributed by atoms with Gasteiger partial charge in [-0.3, -0.25) is 9.59 Å². The molecule has 7 heteroatoms. The van der Waals surface area contributed by atoms with Crippen molar-refractivity contribution in [1.29, 1.82) is 0 Å². The third-order valence-corrected chi connectivity index (χ3v) is 5.34. The van der Waals surface area contributed by atoms with Crippen LogP contribution >= 0.6 is 11.8 Å². The van der Waals surface area contributed by atoms with Gasteiger partial charge in [-0.2, -0.15) is 0 Å². The van der Waals surface area contributed by atoms with Crippen LogP contribution in [-0.2, 0) is 14.3 Å². The minimum atomic E-state index is -0.509. The highest BCUT2D eigenvalue weighted by Crippen LogP contribution is 2.22. The average Bonchev–Trinajstić information content (AvgIpc) is 2.83. The third-order valence-electron chi connectivity index (χ3n) is 4.32. The molecule has 0 aliphatic heterocycles. The lowest BCUT2D eigenvalue weighted by Crippen LogP contribution is -2.17. The van der Waals surface area contributed by atoms with E-state index in [0.29, 0.717) is 16.9 Å². The number of carbonyl (C=O) groups excluding carboxylic acids is 3. The van der Waals surface area contributed by atoms with E-state index < -0.39 is 5.97 Å². The highest BCUT2D eigenvalue weighted by Gasteiger charge is 2.13. The lowest BCUT2D eigenvalue weighted by molar-refractivity contribution is -0.114. The van der Waals surface area contributed by atoms with Gasteiger partial charge < -0.3 is 15.4 Å². The Bertz CT molecular complexity index is 1110. The van der Waals surface area contributed by atoms with Crippen molar-refractivity contribution in [2.75, 3.05) is 23.5 Å². The van der Waals surface area contributed by atoms with E-state index in [2.05, 4.69) is 10.6 Å². The molecule has 0 spiro atoms. The summed E-state index contributed by atoms with van der Waals surface area (Å²) in [7, 11) is 1.29. The summed E-state index contributed by atoms with van der Waals surface area (Å²) < 4.78 is 4.73. The molecule has 0 fully saturated rings. The highest BCUT2D eigenvalue weighted by molar-refractivity contribution is 8.00. The van der Waals surface area contributed by atoms with E-state index in [4.69, 9.17) is 4.74 Å². The van der Waals surface area contributed by atoms with E-state index in [0.717, 1.165) is 10.5 Å². The second kappa shape index (κ2) is 11.5. The molecular weight excluding hydrogens is 424 g/mol. The highest BCUT2D eigenvalue weighted by atomic mass is 32.2. The average molecular weight is 447 g/mol. The number of amides is 2. The monoisotopic (exact) mass is 446 g/mol. The quantitative estimate of drug-likeness (QED) is 0.293. The molecule has 0 saturated carbocycles. The second-order valence-corrected chi connectivity index (χ2v) is 7.68. The van der Waals surface area contributed by atoms with Gasteiger partial charge in [0, 0.05) is 16.7 Å². The van der Waals surface area contributed by atoms with Gasteiger partial charge in [-0.15, -0.1) is 11.8 Å². The van der Waals surface area contributed by atoms with Crippen molar-refractivity contribution in [3.63, 3.8) is 0 Å². The first kappa shape index (κ1) is 22.8. The van der Waals surface area contributed by atoms with Crippen molar-refractivity contribution in [3.8, 4) is 0 Å². The maximum Gasteiger partial charge on any atom is 0.339 e. The number of rotatable bonds is 8. The van der Waals surface area contributed by atoms with Crippen molar-refractivity contribution in [2.24, 2.45) is 0 Å². The fraction of sp³-hybridized carbons (Fsp3) is 0.0800. The summed E-state index contributed by atoms with van der Waals surface area (Å²) in [4.78, 5) is 37.0. The molecule has 0 bridgehead atoms. The van der Waals surface area contributed by atoms with Gasteiger partial charge in [-0.05, 0) is 48.0 Å². The molecule has 3 rings (SSSR count). The van der Waals surface area contributed by atoms with E-state index in [9.17, 15) is 14.4 Å². The Labute approximate surface area is 190 Å². The molecule has 6 nitrogen and oxygen atoms in total. The Morgan fingerprint density at radius 2 is 1.56 bits per heavy atom. The minimum absolute atomic E-state index is 0.168. The zero-order valence-electron chi connectivity index (χ0n) is 17.4. The van der Waals surface area contributed by atoms with Gasteiger partial charge in [0.2, 0.25) is 11.8 Å². The summed E-state index contributed by atoms with van der Waals surface area (Å²) in [6.07, 6.45) is 3.23. The molecule has 0 heterocycles. The number of hydrogen-bond acceptors (Lipinski definition) is 5. The third kappa shape index (κ3) is 6.85. The Kier molecular flexibility index (Phi) is 8.22. The Morgan fingerprint density at radius 1 is 0.875 bits per heavy atom. The number of ether oxygens (including phenoxy) is 1. The number of hydrogen-bond donors (Lipinski definition) is 2.